The average Bonchev–Trinajstić information content (AvgIpc) is 2.69. The number of benzene rings is 1. The summed E-state index contributed by atoms with van der Waals surface area (Å²) < 4.78 is 0. The number of carbonyl (C=O) groups is 1. The fourth-order valence-corrected chi connectivity index (χ4v) is 3.66. The maximum absolute atomic E-state index is 12.0. The molecule has 0 spiro atoms. The number of aromatic nitrogens is 2. The number of nitrogen functional groups attached to an aromatic ring is 1. The van der Waals surface area contributed by atoms with Gasteiger partial charge >= 0.3 is 0 Å². The van der Waals surface area contributed by atoms with Crippen molar-refractivity contribution in [2.45, 2.75) is 64.1 Å². The molecule has 1 amide bonds. The number of hydrogen-bond acceptors (Lipinski definition) is 8. The standard InChI is InChI=1S/C21H31N7O2/c1-3-16-19(25-13-6-8-21(2,30)9-7-13)28-20(17(27-16)18(24)29)26-14-5-4-12(11-22)15(23)10-14/h4-5,10,13,30H,3,6-9,11,22-23H2,1-2H3,(H2,24,29)(H2,25,26,28). The Hall–Kier alpha value is -2.91. The van der Waals surface area contributed by atoms with E-state index in [0.717, 1.165) is 31.2 Å². The lowest BCUT2D eigenvalue weighted by Crippen LogP contribution is -2.36. The number of nitrogens with one attached hydrogen (secondary N) is 2. The Morgan fingerprint density at radius 2 is 1.97 bits per heavy atom. The quantitative estimate of drug-likeness (QED) is 0.375. The van der Waals surface area contributed by atoms with Crippen LogP contribution in [0, 0.1) is 0 Å². The van der Waals surface area contributed by atoms with E-state index in [1.165, 1.54) is 0 Å². The van der Waals surface area contributed by atoms with Crippen LogP contribution in [0.15, 0.2) is 18.2 Å². The highest BCUT2D eigenvalue weighted by atomic mass is 16.3. The highest BCUT2D eigenvalue weighted by Gasteiger charge is 2.29. The monoisotopic (exact) mass is 413 g/mol. The van der Waals surface area contributed by atoms with Gasteiger partial charge in [0.25, 0.3) is 5.91 Å². The number of aliphatic hydroxyl groups is 1. The van der Waals surface area contributed by atoms with E-state index in [4.69, 9.17) is 17.2 Å². The molecule has 9 nitrogen and oxygen atoms in total. The SMILES string of the molecule is CCc1nc(C(N)=O)c(Nc2ccc(CN)c(N)c2)nc1NC1CCC(C)(O)CC1. The minimum absolute atomic E-state index is 0.0745. The van der Waals surface area contributed by atoms with Gasteiger partial charge in [-0.1, -0.05) is 13.0 Å². The molecule has 0 bridgehead atoms. The minimum atomic E-state index is -0.661. The fourth-order valence-electron chi connectivity index (χ4n) is 3.66. The van der Waals surface area contributed by atoms with Gasteiger partial charge in [0.1, 0.15) is 5.82 Å². The van der Waals surface area contributed by atoms with Crippen LogP contribution in [0.3, 0.4) is 0 Å². The lowest BCUT2D eigenvalue weighted by atomic mass is 9.83. The first kappa shape index (κ1) is 21.8. The summed E-state index contributed by atoms with van der Waals surface area (Å²) in [7, 11) is 0. The molecule has 9 heteroatoms. The zero-order valence-corrected chi connectivity index (χ0v) is 17.5. The van der Waals surface area contributed by atoms with Crippen molar-refractivity contribution < 1.29 is 9.90 Å². The van der Waals surface area contributed by atoms with Crippen molar-refractivity contribution in [3.8, 4) is 0 Å². The van der Waals surface area contributed by atoms with Crippen LogP contribution in [0.5, 0.6) is 0 Å². The van der Waals surface area contributed by atoms with Crippen LogP contribution in [-0.2, 0) is 13.0 Å². The highest BCUT2D eigenvalue weighted by molar-refractivity contribution is 5.96. The average molecular weight is 414 g/mol. The number of anilines is 4. The molecule has 3 rings (SSSR count). The molecule has 0 atom stereocenters. The number of nitrogens with zero attached hydrogens (tertiary/aromatic N) is 2. The first-order valence-corrected chi connectivity index (χ1v) is 10.3. The number of nitrogens with two attached hydrogens (primary N) is 3. The van der Waals surface area contributed by atoms with E-state index in [2.05, 4.69) is 20.6 Å². The lowest BCUT2D eigenvalue weighted by molar-refractivity contribution is 0.0196. The van der Waals surface area contributed by atoms with Crippen LogP contribution in [0.1, 0.15) is 61.3 Å². The Kier molecular flexibility index (Phi) is 6.42. The lowest BCUT2D eigenvalue weighted by Gasteiger charge is -2.34. The van der Waals surface area contributed by atoms with Gasteiger partial charge in [-0.25, -0.2) is 9.97 Å². The number of primary amides is 1. The van der Waals surface area contributed by atoms with Gasteiger partial charge in [0.2, 0.25) is 0 Å². The third kappa shape index (κ3) is 4.98. The molecule has 2 aromatic rings. The zero-order valence-electron chi connectivity index (χ0n) is 17.5. The molecule has 1 aromatic carbocycles. The summed E-state index contributed by atoms with van der Waals surface area (Å²) in [6.07, 6.45) is 3.69. The molecule has 1 saturated carbocycles. The van der Waals surface area contributed by atoms with E-state index >= 15 is 0 Å². The fraction of sp³-hybridized carbons (Fsp3) is 0.476. The third-order valence-corrected chi connectivity index (χ3v) is 5.57. The number of hydrogen-bond donors (Lipinski definition) is 6. The Balaban J connectivity index is 1.90. The molecule has 162 valence electrons. The van der Waals surface area contributed by atoms with Crippen molar-refractivity contribution in [3.05, 3.63) is 35.2 Å². The van der Waals surface area contributed by atoms with Crippen molar-refractivity contribution in [2.24, 2.45) is 11.5 Å². The summed E-state index contributed by atoms with van der Waals surface area (Å²) in [6.45, 7) is 4.16. The van der Waals surface area contributed by atoms with Crippen LogP contribution in [0.2, 0.25) is 0 Å². The molecule has 1 heterocycles. The van der Waals surface area contributed by atoms with Gasteiger partial charge in [-0.3, -0.25) is 4.79 Å². The van der Waals surface area contributed by atoms with Crippen LogP contribution in [-0.4, -0.2) is 32.6 Å². The zero-order chi connectivity index (χ0) is 21.9. The first-order valence-electron chi connectivity index (χ1n) is 10.3. The molecule has 30 heavy (non-hydrogen) atoms. The molecule has 0 saturated heterocycles. The summed E-state index contributed by atoms with van der Waals surface area (Å²) in [5.74, 6) is 0.222. The number of carbonyl (C=O) groups excluding carboxylic acids is 1. The van der Waals surface area contributed by atoms with Crippen molar-refractivity contribution in [1.82, 2.24) is 9.97 Å². The predicted octanol–water partition coefficient (Wildman–Crippen LogP) is 2.03. The smallest absolute Gasteiger partial charge is 0.271 e. The molecule has 0 radical (unpaired) electrons. The maximum Gasteiger partial charge on any atom is 0.271 e. The first-order chi connectivity index (χ1) is 14.2. The van der Waals surface area contributed by atoms with Crippen molar-refractivity contribution in [1.29, 1.82) is 0 Å². The van der Waals surface area contributed by atoms with E-state index < -0.39 is 11.5 Å². The summed E-state index contributed by atoms with van der Waals surface area (Å²) in [5.41, 5.74) is 19.4. The van der Waals surface area contributed by atoms with Crippen LogP contribution >= 0.6 is 0 Å². The van der Waals surface area contributed by atoms with Crippen molar-refractivity contribution in [3.63, 3.8) is 0 Å². The Morgan fingerprint density at radius 3 is 2.53 bits per heavy atom. The summed E-state index contributed by atoms with van der Waals surface area (Å²) >= 11 is 0. The summed E-state index contributed by atoms with van der Waals surface area (Å²) in [6, 6.07) is 5.55. The van der Waals surface area contributed by atoms with Gasteiger partial charge in [-0.2, -0.15) is 0 Å². The second-order valence-electron chi connectivity index (χ2n) is 8.09. The third-order valence-electron chi connectivity index (χ3n) is 5.57. The number of aryl methyl sites for hydroxylation is 1. The Bertz CT molecular complexity index is 920. The second-order valence-corrected chi connectivity index (χ2v) is 8.09. The van der Waals surface area contributed by atoms with Crippen molar-refractivity contribution in [2.75, 3.05) is 16.4 Å². The Labute approximate surface area is 176 Å². The molecule has 1 aliphatic rings. The molecule has 1 fully saturated rings. The van der Waals surface area contributed by atoms with E-state index in [-0.39, 0.29) is 17.6 Å². The minimum Gasteiger partial charge on any atom is -0.398 e. The van der Waals surface area contributed by atoms with E-state index in [1.807, 2.05) is 26.0 Å². The second kappa shape index (κ2) is 8.85. The Morgan fingerprint density at radius 1 is 1.27 bits per heavy atom. The molecule has 0 unspecified atom stereocenters. The van der Waals surface area contributed by atoms with Gasteiger partial charge in [-0.05, 0) is 56.7 Å². The van der Waals surface area contributed by atoms with E-state index in [1.54, 1.807) is 6.07 Å². The summed E-state index contributed by atoms with van der Waals surface area (Å²) in [4.78, 5) is 21.1. The van der Waals surface area contributed by atoms with E-state index in [0.29, 0.717) is 35.9 Å². The molecule has 1 aromatic heterocycles. The van der Waals surface area contributed by atoms with Gasteiger partial charge in [0.15, 0.2) is 11.5 Å². The topological polar surface area (TPSA) is 165 Å². The van der Waals surface area contributed by atoms with Crippen molar-refractivity contribution >= 4 is 28.9 Å². The number of rotatable bonds is 7. The largest absolute Gasteiger partial charge is 0.398 e. The molecule has 9 N–H and O–H groups in total. The maximum atomic E-state index is 12.0. The van der Waals surface area contributed by atoms with Gasteiger partial charge in [-0.15, -0.1) is 0 Å². The van der Waals surface area contributed by atoms with Gasteiger partial charge in [0.05, 0.1) is 11.3 Å². The highest BCUT2D eigenvalue weighted by Crippen LogP contribution is 2.31. The molecule has 0 aliphatic heterocycles. The molecular weight excluding hydrogens is 382 g/mol. The van der Waals surface area contributed by atoms with Gasteiger partial charge < -0.3 is 32.9 Å². The number of amides is 1. The molecule has 1 aliphatic carbocycles. The molecular formula is C21H31N7O2. The predicted molar refractivity (Wildman–Crippen MR) is 118 cm³/mol. The van der Waals surface area contributed by atoms with Crippen LogP contribution in [0.4, 0.5) is 23.0 Å². The van der Waals surface area contributed by atoms with Crippen LogP contribution < -0.4 is 27.8 Å². The normalized spacial score (nSPS) is 21.3. The van der Waals surface area contributed by atoms with E-state index in [9.17, 15) is 9.90 Å². The van der Waals surface area contributed by atoms with Crippen LogP contribution in [0.25, 0.3) is 0 Å². The van der Waals surface area contributed by atoms with Gasteiger partial charge in [0, 0.05) is 24.0 Å². The summed E-state index contributed by atoms with van der Waals surface area (Å²) in [5, 5.41) is 16.7.